The molecule has 3 aromatic rings. The van der Waals surface area contributed by atoms with Gasteiger partial charge in [0, 0.05) is 25.1 Å². The number of carbonyl (C=O) groups is 1. The molecule has 1 N–H and O–H groups in total. The Hall–Kier alpha value is -2.62. The Morgan fingerprint density at radius 2 is 1.41 bits per heavy atom. The van der Waals surface area contributed by atoms with Gasteiger partial charge in [0.05, 0.1) is 11.0 Å². The van der Waals surface area contributed by atoms with Gasteiger partial charge in [-0.1, -0.05) is 120 Å². The predicted molar refractivity (Wildman–Crippen MR) is 157 cm³/mol. The van der Waals surface area contributed by atoms with Crippen LogP contribution in [0.15, 0.2) is 48.5 Å². The summed E-state index contributed by atoms with van der Waals surface area (Å²) < 4.78 is 2.37. The van der Waals surface area contributed by atoms with Crippen molar-refractivity contribution in [2.75, 3.05) is 6.54 Å². The number of carbonyl (C=O) groups excluding carboxylic acids is 1. The highest BCUT2D eigenvalue weighted by atomic mass is 16.1. The maximum atomic E-state index is 12.5. The molecule has 202 valence electrons. The van der Waals surface area contributed by atoms with Crippen LogP contribution in [-0.4, -0.2) is 22.0 Å². The number of hydrogen-bond donors (Lipinski definition) is 1. The summed E-state index contributed by atoms with van der Waals surface area (Å²) in [5.74, 6) is 1.05. The fourth-order valence-corrected chi connectivity index (χ4v) is 5.21. The second-order valence-electron chi connectivity index (χ2n) is 10.6. The van der Waals surface area contributed by atoms with Crippen molar-refractivity contribution in [2.24, 2.45) is 0 Å². The molecule has 3 rings (SSSR count). The number of nitrogens with one attached hydrogen (secondary N) is 1. The zero-order chi connectivity index (χ0) is 26.1. The summed E-state index contributed by atoms with van der Waals surface area (Å²) >= 11 is 0. The largest absolute Gasteiger partial charge is 0.352 e. The Bertz CT molecular complexity index is 1050. The molecule has 1 amide bonds. The van der Waals surface area contributed by atoms with Gasteiger partial charge in [-0.05, 0) is 37.6 Å². The van der Waals surface area contributed by atoms with Gasteiger partial charge in [0.15, 0.2) is 0 Å². The molecule has 0 fully saturated rings. The summed E-state index contributed by atoms with van der Waals surface area (Å²) in [7, 11) is 0. The second kappa shape index (κ2) is 17.0. The van der Waals surface area contributed by atoms with Crippen LogP contribution >= 0.6 is 0 Å². The highest BCUT2D eigenvalue weighted by Gasteiger charge is 2.11. The first-order valence-corrected chi connectivity index (χ1v) is 15.0. The smallest absolute Gasteiger partial charge is 0.251 e. The van der Waals surface area contributed by atoms with Gasteiger partial charge in [0.2, 0.25) is 0 Å². The molecule has 0 atom stereocenters. The van der Waals surface area contributed by atoms with Gasteiger partial charge in [0.1, 0.15) is 5.82 Å². The maximum Gasteiger partial charge on any atom is 0.251 e. The summed E-state index contributed by atoms with van der Waals surface area (Å²) in [4.78, 5) is 17.4. The van der Waals surface area contributed by atoms with E-state index in [-0.39, 0.29) is 5.91 Å². The van der Waals surface area contributed by atoms with Gasteiger partial charge in [-0.2, -0.15) is 0 Å². The zero-order valence-electron chi connectivity index (χ0n) is 23.4. The SMILES string of the molecule is CCCCCCCCCCCCCCCCn1c(CCNC(=O)c2cccc(C)c2)nc2ccccc21. The van der Waals surface area contributed by atoms with E-state index in [0.717, 1.165) is 35.4 Å². The van der Waals surface area contributed by atoms with Crippen molar-refractivity contribution in [2.45, 2.75) is 117 Å². The number of aromatic nitrogens is 2. The molecule has 0 aliphatic heterocycles. The van der Waals surface area contributed by atoms with E-state index in [2.05, 4.69) is 41.1 Å². The molecular formula is C33H49N3O. The van der Waals surface area contributed by atoms with Crippen LogP contribution in [0.4, 0.5) is 0 Å². The number of aryl methyl sites for hydroxylation is 2. The molecule has 0 saturated carbocycles. The fraction of sp³-hybridized carbons (Fsp3) is 0.576. The molecule has 0 saturated heterocycles. The van der Waals surface area contributed by atoms with Gasteiger partial charge in [0.25, 0.3) is 5.91 Å². The third-order valence-electron chi connectivity index (χ3n) is 7.38. The number of para-hydroxylation sites is 2. The van der Waals surface area contributed by atoms with E-state index in [0.29, 0.717) is 6.54 Å². The Morgan fingerprint density at radius 3 is 2.05 bits per heavy atom. The summed E-state index contributed by atoms with van der Waals surface area (Å²) in [5, 5.41) is 3.07. The third-order valence-corrected chi connectivity index (χ3v) is 7.38. The maximum absolute atomic E-state index is 12.5. The first-order valence-electron chi connectivity index (χ1n) is 15.0. The van der Waals surface area contributed by atoms with Crippen molar-refractivity contribution in [1.29, 1.82) is 0 Å². The molecule has 0 radical (unpaired) electrons. The standard InChI is InChI=1S/C33H49N3O/c1-3-4-5-6-7-8-9-10-11-12-13-14-15-18-26-36-31-23-17-16-22-30(31)35-32(36)24-25-34-33(37)29-21-19-20-28(2)27-29/h16-17,19-23,27H,3-15,18,24-26H2,1-2H3,(H,34,37). The molecular weight excluding hydrogens is 454 g/mol. The first-order chi connectivity index (χ1) is 18.2. The number of imidazole rings is 1. The van der Waals surface area contributed by atoms with E-state index in [1.165, 1.54) is 95.4 Å². The molecule has 4 nitrogen and oxygen atoms in total. The average Bonchev–Trinajstić information content (AvgIpc) is 3.26. The Kier molecular flexibility index (Phi) is 13.3. The van der Waals surface area contributed by atoms with E-state index >= 15 is 0 Å². The third kappa shape index (κ3) is 10.3. The monoisotopic (exact) mass is 503 g/mol. The lowest BCUT2D eigenvalue weighted by atomic mass is 10.0. The molecule has 0 unspecified atom stereocenters. The number of unbranched alkanes of at least 4 members (excludes halogenated alkanes) is 13. The van der Waals surface area contributed by atoms with Crippen LogP contribution in [0.25, 0.3) is 11.0 Å². The quantitative estimate of drug-likeness (QED) is 0.166. The topological polar surface area (TPSA) is 46.9 Å². The normalized spacial score (nSPS) is 11.3. The number of hydrogen-bond acceptors (Lipinski definition) is 2. The number of rotatable bonds is 19. The lowest BCUT2D eigenvalue weighted by Crippen LogP contribution is -2.26. The van der Waals surface area contributed by atoms with Crippen LogP contribution in [0.3, 0.4) is 0 Å². The number of fused-ring (bicyclic) bond motifs is 1. The molecule has 2 aromatic carbocycles. The summed E-state index contributed by atoms with van der Waals surface area (Å²) in [5.41, 5.74) is 4.07. The fourth-order valence-electron chi connectivity index (χ4n) is 5.21. The van der Waals surface area contributed by atoms with Gasteiger partial charge >= 0.3 is 0 Å². The lowest BCUT2D eigenvalue weighted by Gasteiger charge is -2.10. The molecule has 0 aliphatic carbocycles. The second-order valence-corrected chi connectivity index (χ2v) is 10.6. The number of benzene rings is 2. The first kappa shape index (κ1) is 28.9. The van der Waals surface area contributed by atoms with Crippen LogP contribution in [0.2, 0.25) is 0 Å². The van der Waals surface area contributed by atoms with Gasteiger partial charge in [-0.15, -0.1) is 0 Å². The van der Waals surface area contributed by atoms with Crippen LogP contribution in [-0.2, 0) is 13.0 Å². The Morgan fingerprint density at radius 1 is 0.784 bits per heavy atom. The summed E-state index contributed by atoms with van der Waals surface area (Å²) in [6.45, 7) is 5.89. The van der Waals surface area contributed by atoms with Crippen molar-refractivity contribution in [1.82, 2.24) is 14.9 Å². The molecule has 0 spiro atoms. The zero-order valence-corrected chi connectivity index (χ0v) is 23.4. The minimum absolute atomic E-state index is 0.0154. The number of nitrogens with zero attached hydrogens (tertiary/aromatic N) is 2. The highest BCUT2D eigenvalue weighted by molar-refractivity contribution is 5.94. The van der Waals surface area contributed by atoms with Crippen molar-refractivity contribution < 1.29 is 4.79 Å². The van der Waals surface area contributed by atoms with Crippen LogP contribution in [0.5, 0.6) is 0 Å². The van der Waals surface area contributed by atoms with E-state index in [4.69, 9.17) is 4.98 Å². The van der Waals surface area contributed by atoms with Crippen molar-refractivity contribution in [3.05, 3.63) is 65.5 Å². The summed E-state index contributed by atoms with van der Waals surface area (Å²) in [6, 6.07) is 16.1. The number of amides is 1. The Labute approximate surface area is 225 Å². The van der Waals surface area contributed by atoms with Crippen LogP contribution in [0.1, 0.15) is 119 Å². The summed E-state index contributed by atoms with van der Waals surface area (Å²) in [6.07, 6.45) is 20.0. The van der Waals surface area contributed by atoms with Crippen molar-refractivity contribution in [3.63, 3.8) is 0 Å². The predicted octanol–water partition coefficient (Wildman–Crippen LogP) is 8.80. The highest BCUT2D eigenvalue weighted by Crippen LogP contribution is 2.19. The molecule has 1 aromatic heterocycles. The minimum Gasteiger partial charge on any atom is -0.352 e. The van der Waals surface area contributed by atoms with E-state index in [9.17, 15) is 4.79 Å². The van der Waals surface area contributed by atoms with Crippen LogP contribution in [0, 0.1) is 6.92 Å². The molecule has 0 bridgehead atoms. The average molecular weight is 504 g/mol. The van der Waals surface area contributed by atoms with Gasteiger partial charge in [-0.25, -0.2) is 4.98 Å². The van der Waals surface area contributed by atoms with E-state index < -0.39 is 0 Å². The van der Waals surface area contributed by atoms with Gasteiger partial charge < -0.3 is 9.88 Å². The Balaban J connectivity index is 1.34. The van der Waals surface area contributed by atoms with Crippen molar-refractivity contribution in [3.8, 4) is 0 Å². The molecule has 1 heterocycles. The van der Waals surface area contributed by atoms with Gasteiger partial charge in [-0.3, -0.25) is 4.79 Å². The van der Waals surface area contributed by atoms with Crippen LogP contribution < -0.4 is 5.32 Å². The molecule has 0 aliphatic rings. The lowest BCUT2D eigenvalue weighted by molar-refractivity contribution is 0.0954. The van der Waals surface area contributed by atoms with E-state index in [1.807, 2.05) is 31.2 Å². The van der Waals surface area contributed by atoms with Crippen molar-refractivity contribution >= 4 is 16.9 Å². The molecule has 4 heteroatoms. The molecule has 37 heavy (non-hydrogen) atoms. The van der Waals surface area contributed by atoms with E-state index in [1.54, 1.807) is 0 Å². The minimum atomic E-state index is -0.0154.